The van der Waals surface area contributed by atoms with Crippen molar-refractivity contribution in [1.29, 1.82) is 0 Å². The van der Waals surface area contributed by atoms with Crippen LogP contribution in [0.3, 0.4) is 0 Å². The topological polar surface area (TPSA) is 41.1 Å². The van der Waals surface area contributed by atoms with Gasteiger partial charge in [-0.15, -0.1) is 0 Å². The number of carbonyl (C=O) groups excluding carboxylic acids is 1. The van der Waals surface area contributed by atoms with E-state index in [4.69, 9.17) is 12.2 Å². The zero-order valence-corrected chi connectivity index (χ0v) is 12.1. The number of thiocarbonyl (C=S) groups is 1. The molecule has 0 radical (unpaired) electrons. The molecule has 0 aromatic heterocycles. The second-order valence-corrected chi connectivity index (χ2v) is 5.72. The van der Waals surface area contributed by atoms with Crippen LogP contribution in [0.4, 0.5) is 0 Å². The quantitative estimate of drug-likeness (QED) is 0.807. The average Bonchev–Trinajstić information content (AvgIpc) is 2.28. The SMILES string of the molecule is C[C@@H](NC(=S)NC(=O)C(C)(C)C)c1ccccc1. The lowest BCUT2D eigenvalue weighted by Gasteiger charge is -2.21. The Hall–Kier alpha value is -1.42. The number of nitrogens with one attached hydrogen (secondary N) is 2. The van der Waals surface area contributed by atoms with Crippen LogP contribution in [0, 0.1) is 5.41 Å². The van der Waals surface area contributed by atoms with Crippen LogP contribution in [-0.2, 0) is 4.79 Å². The molecule has 3 nitrogen and oxygen atoms in total. The number of rotatable bonds is 2. The number of hydrogen-bond donors (Lipinski definition) is 2. The highest BCUT2D eigenvalue weighted by Crippen LogP contribution is 2.13. The van der Waals surface area contributed by atoms with Gasteiger partial charge in [-0.1, -0.05) is 51.1 Å². The molecule has 1 aromatic carbocycles. The molecule has 1 amide bonds. The molecule has 0 saturated carbocycles. The number of amides is 1. The van der Waals surface area contributed by atoms with Gasteiger partial charge in [0.2, 0.25) is 5.91 Å². The van der Waals surface area contributed by atoms with Gasteiger partial charge in [-0.2, -0.15) is 0 Å². The first-order valence-corrected chi connectivity index (χ1v) is 6.38. The van der Waals surface area contributed by atoms with Gasteiger partial charge in [-0.25, -0.2) is 0 Å². The lowest BCUT2D eigenvalue weighted by Crippen LogP contribution is -2.45. The van der Waals surface area contributed by atoms with E-state index in [9.17, 15) is 4.79 Å². The van der Waals surface area contributed by atoms with Gasteiger partial charge in [-0.3, -0.25) is 4.79 Å². The lowest BCUT2D eigenvalue weighted by molar-refractivity contribution is -0.126. The summed E-state index contributed by atoms with van der Waals surface area (Å²) in [5.74, 6) is -0.0831. The molecule has 0 fully saturated rings. The van der Waals surface area contributed by atoms with E-state index < -0.39 is 5.41 Å². The Balaban J connectivity index is 2.54. The third-order valence-corrected chi connectivity index (χ3v) is 2.78. The molecule has 0 saturated heterocycles. The minimum Gasteiger partial charge on any atom is -0.356 e. The zero-order valence-electron chi connectivity index (χ0n) is 11.3. The van der Waals surface area contributed by atoms with Crippen molar-refractivity contribution < 1.29 is 4.79 Å². The van der Waals surface area contributed by atoms with E-state index in [0.717, 1.165) is 5.56 Å². The standard InChI is InChI=1S/C14H20N2OS/c1-10(11-8-6-5-7-9-11)15-13(18)16-12(17)14(2,3)4/h5-10H,1-4H3,(H2,15,16,17,18)/t10-/m1/s1. The molecule has 0 aliphatic heterocycles. The average molecular weight is 264 g/mol. The van der Waals surface area contributed by atoms with Crippen molar-refractivity contribution in [3.05, 3.63) is 35.9 Å². The molecule has 0 spiro atoms. The first-order chi connectivity index (χ1) is 8.30. The van der Waals surface area contributed by atoms with E-state index >= 15 is 0 Å². The van der Waals surface area contributed by atoms with Crippen molar-refractivity contribution in [3.63, 3.8) is 0 Å². The fourth-order valence-corrected chi connectivity index (χ4v) is 1.62. The molecule has 0 unspecified atom stereocenters. The summed E-state index contributed by atoms with van der Waals surface area (Å²) >= 11 is 5.13. The summed E-state index contributed by atoms with van der Waals surface area (Å²) in [5.41, 5.74) is 0.687. The van der Waals surface area contributed by atoms with Crippen molar-refractivity contribution in [2.24, 2.45) is 5.41 Å². The van der Waals surface area contributed by atoms with E-state index in [-0.39, 0.29) is 11.9 Å². The highest BCUT2D eigenvalue weighted by molar-refractivity contribution is 7.80. The second-order valence-electron chi connectivity index (χ2n) is 5.31. The summed E-state index contributed by atoms with van der Waals surface area (Å²) in [6, 6.07) is 10.0. The summed E-state index contributed by atoms with van der Waals surface area (Å²) in [6.45, 7) is 7.56. The maximum Gasteiger partial charge on any atom is 0.231 e. The van der Waals surface area contributed by atoms with Crippen LogP contribution in [0.15, 0.2) is 30.3 Å². The minimum absolute atomic E-state index is 0.0685. The Bertz CT molecular complexity index is 423. The van der Waals surface area contributed by atoms with E-state index in [2.05, 4.69) is 10.6 Å². The molecule has 2 N–H and O–H groups in total. The number of carbonyl (C=O) groups is 1. The van der Waals surface area contributed by atoms with Crippen LogP contribution in [0.2, 0.25) is 0 Å². The Kier molecular flexibility index (Phi) is 4.84. The molecule has 0 aliphatic rings. The van der Waals surface area contributed by atoms with Gasteiger partial charge >= 0.3 is 0 Å². The van der Waals surface area contributed by atoms with Gasteiger partial charge in [0.15, 0.2) is 5.11 Å². The van der Waals surface area contributed by atoms with Crippen LogP contribution in [0.5, 0.6) is 0 Å². The van der Waals surface area contributed by atoms with Crippen molar-refractivity contribution in [1.82, 2.24) is 10.6 Å². The maximum absolute atomic E-state index is 11.8. The smallest absolute Gasteiger partial charge is 0.231 e. The van der Waals surface area contributed by atoms with Gasteiger partial charge in [0, 0.05) is 5.41 Å². The van der Waals surface area contributed by atoms with E-state index in [1.807, 2.05) is 58.0 Å². The van der Waals surface area contributed by atoms with E-state index in [1.54, 1.807) is 0 Å². The van der Waals surface area contributed by atoms with Crippen LogP contribution in [-0.4, -0.2) is 11.0 Å². The predicted molar refractivity (Wildman–Crippen MR) is 78.2 cm³/mol. The van der Waals surface area contributed by atoms with Crippen molar-refractivity contribution in [2.75, 3.05) is 0 Å². The first kappa shape index (κ1) is 14.6. The third kappa shape index (κ3) is 4.45. The lowest BCUT2D eigenvalue weighted by atomic mass is 9.96. The first-order valence-electron chi connectivity index (χ1n) is 5.97. The van der Waals surface area contributed by atoms with Crippen molar-refractivity contribution in [2.45, 2.75) is 33.7 Å². The maximum atomic E-state index is 11.8. The van der Waals surface area contributed by atoms with Crippen LogP contribution in [0.1, 0.15) is 39.3 Å². The van der Waals surface area contributed by atoms with E-state index in [1.165, 1.54) is 0 Å². The number of benzene rings is 1. The summed E-state index contributed by atoms with van der Waals surface area (Å²) in [6.07, 6.45) is 0. The molecule has 98 valence electrons. The molecular formula is C14H20N2OS. The summed E-state index contributed by atoms with van der Waals surface area (Å²) < 4.78 is 0. The zero-order chi connectivity index (χ0) is 13.8. The molecule has 0 bridgehead atoms. The monoisotopic (exact) mass is 264 g/mol. The van der Waals surface area contributed by atoms with Crippen LogP contribution < -0.4 is 10.6 Å². The Morgan fingerprint density at radius 3 is 2.28 bits per heavy atom. The molecule has 1 atom stereocenters. The normalized spacial score (nSPS) is 12.7. The predicted octanol–water partition coefficient (Wildman–Crippen LogP) is 2.78. The van der Waals surface area contributed by atoms with Crippen molar-refractivity contribution >= 4 is 23.2 Å². The Labute approximate surface area is 114 Å². The molecule has 4 heteroatoms. The Morgan fingerprint density at radius 1 is 1.22 bits per heavy atom. The van der Waals surface area contributed by atoms with Gasteiger partial charge in [0.05, 0.1) is 6.04 Å². The number of hydrogen-bond acceptors (Lipinski definition) is 2. The van der Waals surface area contributed by atoms with Gasteiger partial charge < -0.3 is 10.6 Å². The molecule has 0 heterocycles. The van der Waals surface area contributed by atoms with Crippen LogP contribution >= 0.6 is 12.2 Å². The minimum atomic E-state index is -0.443. The highest BCUT2D eigenvalue weighted by Gasteiger charge is 2.22. The van der Waals surface area contributed by atoms with Gasteiger partial charge in [0.25, 0.3) is 0 Å². The fourth-order valence-electron chi connectivity index (χ4n) is 1.35. The molecular weight excluding hydrogens is 244 g/mol. The fraction of sp³-hybridized carbons (Fsp3) is 0.429. The summed E-state index contributed by atoms with van der Waals surface area (Å²) in [7, 11) is 0. The van der Waals surface area contributed by atoms with E-state index in [0.29, 0.717) is 5.11 Å². The van der Waals surface area contributed by atoms with Gasteiger partial charge in [0.1, 0.15) is 0 Å². The largest absolute Gasteiger partial charge is 0.356 e. The van der Waals surface area contributed by atoms with Crippen molar-refractivity contribution in [3.8, 4) is 0 Å². The third-order valence-electron chi connectivity index (χ3n) is 2.56. The molecule has 1 rings (SSSR count). The second kappa shape index (κ2) is 5.96. The molecule has 18 heavy (non-hydrogen) atoms. The summed E-state index contributed by atoms with van der Waals surface area (Å²) in [4.78, 5) is 11.8. The molecule has 1 aromatic rings. The van der Waals surface area contributed by atoms with Gasteiger partial charge in [-0.05, 0) is 24.7 Å². The van der Waals surface area contributed by atoms with Crippen LogP contribution in [0.25, 0.3) is 0 Å². The summed E-state index contributed by atoms with van der Waals surface area (Å²) in [5, 5.41) is 6.17. The molecule has 0 aliphatic carbocycles. The highest BCUT2D eigenvalue weighted by atomic mass is 32.1. The Morgan fingerprint density at radius 2 is 1.78 bits per heavy atom.